The summed E-state index contributed by atoms with van der Waals surface area (Å²) in [6.45, 7) is 3.87. The molecule has 0 atom stereocenters. The number of carboxylic acids is 1. The van der Waals surface area contributed by atoms with Gasteiger partial charge < -0.3 is 14.6 Å². The summed E-state index contributed by atoms with van der Waals surface area (Å²) < 4.78 is 10.4. The zero-order valence-electron chi connectivity index (χ0n) is 11.3. The summed E-state index contributed by atoms with van der Waals surface area (Å²) in [6.07, 6.45) is 0.898. The Hall–Kier alpha value is -1.04. The van der Waals surface area contributed by atoms with Crippen LogP contribution >= 0.6 is 11.8 Å². The maximum atomic E-state index is 11.0. The Labute approximate surface area is 118 Å². The third kappa shape index (κ3) is 6.09. The topological polar surface area (TPSA) is 55.8 Å². The van der Waals surface area contributed by atoms with E-state index in [0.29, 0.717) is 25.4 Å². The average molecular weight is 284 g/mol. The maximum absolute atomic E-state index is 11.0. The van der Waals surface area contributed by atoms with Crippen molar-refractivity contribution >= 4 is 17.7 Å². The summed E-state index contributed by atoms with van der Waals surface area (Å²) in [5.41, 5.74) is 1.15. The number of carbonyl (C=O) groups is 1. The molecule has 0 unspecified atom stereocenters. The van der Waals surface area contributed by atoms with Gasteiger partial charge in [-0.15, -0.1) is 11.8 Å². The molecule has 0 spiro atoms. The number of hydrogen-bond acceptors (Lipinski definition) is 4. The highest BCUT2D eigenvalue weighted by Crippen LogP contribution is 2.21. The van der Waals surface area contributed by atoms with Gasteiger partial charge in [-0.3, -0.25) is 0 Å². The predicted molar refractivity (Wildman–Crippen MR) is 76.2 cm³/mol. The molecule has 0 radical (unpaired) electrons. The molecule has 0 aliphatic carbocycles. The Morgan fingerprint density at radius 3 is 2.79 bits per heavy atom. The van der Waals surface area contributed by atoms with Crippen LogP contribution in [0, 0.1) is 6.92 Å². The van der Waals surface area contributed by atoms with Crippen LogP contribution in [0.4, 0.5) is 0 Å². The number of rotatable bonds is 9. The number of hydrogen-bond donors (Lipinski definition) is 1. The summed E-state index contributed by atoms with van der Waals surface area (Å²) >= 11 is 1.60. The minimum atomic E-state index is -0.879. The van der Waals surface area contributed by atoms with Gasteiger partial charge in [0.2, 0.25) is 0 Å². The number of thioether (sulfide) groups is 1. The van der Waals surface area contributed by atoms with Crippen LogP contribution in [-0.2, 0) is 9.47 Å². The fourth-order valence-electron chi connectivity index (χ4n) is 1.55. The van der Waals surface area contributed by atoms with Crippen molar-refractivity contribution in [3.63, 3.8) is 0 Å². The molecule has 0 aromatic heterocycles. The van der Waals surface area contributed by atoms with Crippen molar-refractivity contribution in [2.45, 2.75) is 18.2 Å². The Morgan fingerprint density at radius 1 is 1.32 bits per heavy atom. The fourth-order valence-corrected chi connectivity index (χ4v) is 2.35. The van der Waals surface area contributed by atoms with Gasteiger partial charge in [0.1, 0.15) is 0 Å². The number of aryl methyl sites for hydroxylation is 1. The molecular formula is C14H20O4S. The minimum Gasteiger partial charge on any atom is -0.478 e. The molecule has 1 N–H and O–H groups in total. The van der Waals surface area contributed by atoms with Gasteiger partial charge in [-0.1, -0.05) is 6.07 Å². The summed E-state index contributed by atoms with van der Waals surface area (Å²) in [7, 11) is 1.67. The third-order valence-corrected chi connectivity index (χ3v) is 3.53. The molecule has 0 bridgehead atoms. The van der Waals surface area contributed by atoms with E-state index in [1.54, 1.807) is 31.9 Å². The van der Waals surface area contributed by atoms with E-state index in [4.69, 9.17) is 14.6 Å². The molecule has 0 amide bonds. The second-order valence-corrected chi connectivity index (χ2v) is 5.26. The van der Waals surface area contributed by atoms with Gasteiger partial charge in [0.15, 0.2) is 0 Å². The molecule has 5 heteroatoms. The van der Waals surface area contributed by atoms with Crippen LogP contribution in [0.3, 0.4) is 0 Å². The summed E-state index contributed by atoms with van der Waals surface area (Å²) in [5.74, 6) is -0.0643. The highest BCUT2D eigenvalue weighted by Gasteiger charge is 2.07. The van der Waals surface area contributed by atoms with Gasteiger partial charge in [-0.2, -0.15) is 0 Å². The first-order valence-electron chi connectivity index (χ1n) is 6.18. The lowest BCUT2D eigenvalue weighted by Crippen LogP contribution is -2.02. The first-order chi connectivity index (χ1) is 9.15. The van der Waals surface area contributed by atoms with Gasteiger partial charge in [-0.25, -0.2) is 4.79 Å². The monoisotopic (exact) mass is 284 g/mol. The largest absolute Gasteiger partial charge is 0.478 e. The maximum Gasteiger partial charge on any atom is 0.335 e. The molecule has 19 heavy (non-hydrogen) atoms. The van der Waals surface area contributed by atoms with Gasteiger partial charge in [0.25, 0.3) is 0 Å². The minimum absolute atomic E-state index is 0.367. The molecule has 4 nitrogen and oxygen atoms in total. The highest BCUT2D eigenvalue weighted by molar-refractivity contribution is 7.99. The predicted octanol–water partition coefficient (Wildman–Crippen LogP) is 2.84. The molecule has 0 heterocycles. The van der Waals surface area contributed by atoms with Gasteiger partial charge in [0.05, 0.1) is 12.2 Å². The van der Waals surface area contributed by atoms with E-state index >= 15 is 0 Å². The van der Waals surface area contributed by atoms with E-state index in [9.17, 15) is 4.79 Å². The normalized spacial score (nSPS) is 10.6. The molecule has 1 rings (SSSR count). The molecule has 0 aliphatic heterocycles. The van der Waals surface area contributed by atoms with Crippen LogP contribution in [0.15, 0.2) is 23.1 Å². The van der Waals surface area contributed by atoms with E-state index in [1.807, 2.05) is 12.1 Å². The van der Waals surface area contributed by atoms with Crippen LogP contribution in [0.1, 0.15) is 22.3 Å². The summed E-state index contributed by atoms with van der Waals surface area (Å²) in [4.78, 5) is 12.0. The molecule has 0 fully saturated rings. The Balaban J connectivity index is 2.30. The fraction of sp³-hybridized carbons (Fsp3) is 0.500. The molecule has 1 aromatic carbocycles. The van der Waals surface area contributed by atoms with Crippen molar-refractivity contribution in [2.75, 3.05) is 32.7 Å². The quantitative estimate of drug-likeness (QED) is 0.558. The Morgan fingerprint density at radius 2 is 2.11 bits per heavy atom. The van der Waals surface area contributed by atoms with Crippen LogP contribution in [0.5, 0.6) is 0 Å². The van der Waals surface area contributed by atoms with Gasteiger partial charge >= 0.3 is 5.97 Å². The zero-order chi connectivity index (χ0) is 14.1. The number of methoxy groups -OCH3 is 1. The second-order valence-electron chi connectivity index (χ2n) is 4.09. The Kier molecular flexibility index (Phi) is 7.55. The van der Waals surface area contributed by atoms with Crippen molar-refractivity contribution in [3.8, 4) is 0 Å². The van der Waals surface area contributed by atoms with Gasteiger partial charge in [-0.05, 0) is 31.0 Å². The second kappa shape index (κ2) is 8.96. The summed E-state index contributed by atoms with van der Waals surface area (Å²) in [5, 5.41) is 9.04. The van der Waals surface area contributed by atoms with E-state index in [1.165, 1.54) is 0 Å². The van der Waals surface area contributed by atoms with Crippen molar-refractivity contribution < 1.29 is 19.4 Å². The summed E-state index contributed by atoms with van der Waals surface area (Å²) in [6, 6.07) is 5.50. The lowest BCUT2D eigenvalue weighted by Gasteiger charge is -2.06. The molecule has 1 aromatic rings. The van der Waals surface area contributed by atoms with Crippen LogP contribution in [-0.4, -0.2) is 43.8 Å². The highest BCUT2D eigenvalue weighted by atomic mass is 32.2. The van der Waals surface area contributed by atoms with Crippen LogP contribution in [0.2, 0.25) is 0 Å². The number of benzene rings is 1. The average Bonchev–Trinajstić information content (AvgIpc) is 2.39. The molecular weight excluding hydrogens is 264 g/mol. The van der Waals surface area contributed by atoms with E-state index in [2.05, 4.69) is 0 Å². The van der Waals surface area contributed by atoms with E-state index in [-0.39, 0.29) is 0 Å². The molecule has 106 valence electrons. The number of ether oxygens (including phenoxy) is 2. The van der Waals surface area contributed by atoms with Crippen LogP contribution in [0.25, 0.3) is 0 Å². The first-order valence-corrected chi connectivity index (χ1v) is 7.17. The van der Waals surface area contributed by atoms with Gasteiger partial charge in [0, 0.05) is 31.0 Å². The zero-order valence-corrected chi connectivity index (χ0v) is 12.2. The Bertz CT molecular complexity index is 406. The first kappa shape index (κ1) is 16.0. The standard InChI is InChI=1S/C14H20O4S/c1-11-4-5-12(10-13(11)14(15)16)19-9-8-18-7-3-6-17-2/h4-5,10H,3,6-9H2,1-2H3,(H,15,16). The smallest absolute Gasteiger partial charge is 0.335 e. The lowest BCUT2D eigenvalue weighted by atomic mass is 10.1. The van der Waals surface area contributed by atoms with E-state index < -0.39 is 5.97 Å². The number of aromatic carboxylic acids is 1. The van der Waals surface area contributed by atoms with E-state index in [0.717, 1.165) is 22.6 Å². The third-order valence-electron chi connectivity index (χ3n) is 2.57. The van der Waals surface area contributed by atoms with Crippen molar-refractivity contribution in [2.24, 2.45) is 0 Å². The lowest BCUT2D eigenvalue weighted by molar-refractivity contribution is 0.0696. The molecule has 0 saturated heterocycles. The van der Waals surface area contributed by atoms with Crippen molar-refractivity contribution in [1.82, 2.24) is 0 Å². The SMILES string of the molecule is COCCCOCCSc1ccc(C)c(C(=O)O)c1. The molecule has 0 aliphatic rings. The molecule has 0 saturated carbocycles. The number of carboxylic acid groups (broad SMARTS) is 1. The van der Waals surface area contributed by atoms with Crippen LogP contribution < -0.4 is 0 Å². The van der Waals surface area contributed by atoms with Crippen molar-refractivity contribution in [3.05, 3.63) is 29.3 Å². The van der Waals surface area contributed by atoms with Crippen molar-refractivity contribution in [1.29, 1.82) is 0 Å².